The summed E-state index contributed by atoms with van der Waals surface area (Å²) in [6, 6.07) is 3.07. The number of hydrogen-bond acceptors (Lipinski definition) is 4. The van der Waals surface area contributed by atoms with Gasteiger partial charge in [-0.2, -0.15) is 0 Å². The first-order valence-electron chi connectivity index (χ1n) is 6.42. The number of anilines is 1. The molecule has 2 rings (SSSR count). The van der Waals surface area contributed by atoms with Crippen molar-refractivity contribution in [2.75, 3.05) is 18.8 Å². The van der Waals surface area contributed by atoms with E-state index in [0.29, 0.717) is 13.1 Å². The Hall–Kier alpha value is -1.63. The highest BCUT2D eigenvalue weighted by atomic mass is 32.2. The number of nitrogen functional groups attached to an aromatic ring is 1. The topological polar surface area (TPSA) is 80.5 Å². The number of carbonyl (C=O) groups excluding carboxylic acids is 1. The van der Waals surface area contributed by atoms with Gasteiger partial charge >= 0.3 is 0 Å². The second-order valence-corrected chi connectivity index (χ2v) is 7.14. The Balaban J connectivity index is 2.31. The monoisotopic (exact) mass is 300 g/mol. The van der Waals surface area contributed by atoms with Gasteiger partial charge in [-0.3, -0.25) is 4.79 Å². The molecule has 1 aliphatic heterocycles. The second kappa shape index (κ2) is 5.40. The van der Waals surface area contributed by atoms with Gasteiger partial charge in [0.15, 0.2) is 9.84 Å². The van der Waals surface area contributed by atoms with Crippen LogP contribution in [-0.2, 0) is 14.6 Å². The lowest BCUT2D eigenvalue weighted by atomic mass is 10.3. The maximum absolute atomic E-state index is 13.0. The van der Waals surface area contributed by atoms with Gasteiger partial charge in [0.05, 0.1) is 10.6 Å². The number of rotatable bonds is 3. The summed E-state index contributed by atoms with van der Waals surface area (Å²) in [7, 11) is -3.91. The summed E-state index contributed by atoms with van der Waals surface area (Å²) in [4.78, 5) is 13.5. The Morgan fingerprint density at radius 2 is 1.95 bits per heavy atom. The van der Waals surface area contributed by atoms with Crippen LogP contribution in [0.1, 0.15) is 19.8 Å². The van der Waals surface area contributed by atoms with E-state index in [2.05, 4.69) is 0 Å². The van der Waals surface area contributed by atoms with Gasteiger partial charge in [-0.05, 0) is 38.0 Å². The van der Waals surface area contributed by atoms with E-state index in [1.165, 1.54) is 6.92 Å². The van der Waals surface area contributed by atoms with Gasteiger partial charge in [-0.15, -0.1) is 0 Å². The third-order valence-corrected chi connectivity index (χ3v) is 5.63. The first kappa shape index (κ1) is 14.8. The number of halogens is 1. The first-order valence-corrected chi connectivity index (χ1v) is 7.96. The summed E-state index contributed by atoms with van der Waals surface area (Å²) in [6.45, 7) is 2.51. The van der Waals surface area contributed by atoms with E-state index >= 15 is 0 Å². The summed E-state index contributed by atoms with van der Waals surface area (Å²) in [5.74, 6) is -1.04. The average molecular weight is 300 g/mol. The van der Waals surface area contributed by atoms with Gasteiger partial charge in [0.25, 0.3) is 0 Å². The molecule has 1 atom stereocenters. The van der Waals surface area contributed by atoms with E-state index in [1.54, 1.807) is 4.90 Å². The van der Waals surface area contributed by atoms with Crippen LogP contribution in [0.5, 0.6) is 0 Å². The number of amides is 1. The van der Waals surface area contributed by atoms with E-state index in [4.69, 9.17) is 5.73 Å². The van der Waals surface area contributed by atoms with E-state index in [9.17, 15) is 17.6 Å². The Labute approximate surface area is 117 Å². The number of carbonyl (C=O) groups is 1. The van der Waals surface area contributed by atoms with Crippen LogP contribution in [0.25, 0.3) is 0 Å². The van der Waals surface area contributed by atoms with Crippen LogP contribution in [0.4, 0.5) is 10.1 Å². The van der Waals surface area contributed by atoms with E-state index in [0.717, 1.165) is 31.0 Å². The minimum absolute atomic E-state index is 0.175. The van der Waals surface area contributed by atoms with Gasteiger partial charge in [-0.1, -0.05) is 0 Å². The van der Waals surface area contributed by atoms with Crippen LogP contribution in [-0.4, -0.2) is 37.6 Å². The molecule has 1 amide bonds. The smallest absolute Gasteiger partial charge is 0.241 e. The van der Waals surface area contributed by atoms with Gasteiger partial charge in [-0.25, -0.2) is 12.8 Å². The molecule has 7 heteroatoms. The molecule has 1 fully saturated rings. The lowest BCUT2D eigenvalue weighted by Gasteiger charge is -2.21. The van der Waals surface area contributed by atoms with Crippen molar-refractivity contribution in [1.82, 2.24) is 4.90 Å². The third kappa shape index (κ3) is 2.63. The molecule has 1 aliphatic rings. The van der Waals surface area contributed by atoms with Crippen molar-refractivity contribution in [1.29, 1.82) is 0 Å². The van der Waals surface area contributed by atoms with Crippen molar-refractivity contribution in [2.45, 2.75) is 29.9 Å². The largest absolute Gasteiger partial charge is 0.398 e. The van der Waals surface area contributed by atoms with Crippen LogP contribution in [0, 0.1) is 5.82 Å². The minimum atomic E-state index is -3.91. The lowest BCUT2D eigenvalue weighted by molar-refractivity contribution is -0.129. The number of nitrogens with two attached hydrogens (primary N) is 1. The fraction of sp³-hybridized carbons (Fsp3) is 0.462. The second-order valence-electron chi connectivity index (χ2n) is 4.90. The predicted octanol–water partition coefficient (Wildman–Crippen LogP) is 1.19. The highest BCUT2D eigenvalue weighted by molar-refractivity contribution is 7.93. The summed E-state index contributed by atoms with van der Waals surface area (Å²) in [5, 5.41) is -1.21. The van der Waals surface area contributed by atoms with E-state index < -0.39 is 26.8 Å². The highest BCUT2D eigenvalue weighted by Crippen LogP contribution is 2.25. The number of hydrogen-bond donors (Lipinski definition) is 1. The summed E-state index contributed by atoms with van der Waals surface area (Å²) in [6.07, 6.45) is 1.77. The van der Waals surface area contributed by atoms with Crippen LogP contribution in [0.3, 0.4) is 0 Å². The molecule has 1 saturated heterocycles. The molecular formula is C13H17FN2O3S. The normalized spacial score (nSPS) is 17.2. The fourth-order valence-corrected chi connectivity index (χ4v) is 3.74. The SMILES string of the molecule is CC(C(=O)N1CCCC1)S(=O)(=O)c1ccc(F)cc1N. The van der Waals surface area contributed by atoms with Crippen molar-refractivity contribution in [2.24, 2.45) is 0 Å². The van der Waals surface area contributed by atoms with Crippen LogP contribution in [0.15, 0.2) is 23.1 Å². The molecule has 2 N–H and O–H groups in total. The number of likely N-dealkylation sites (tertiary alicyclic amines) is 1. The molecule has 0 saturated carbocycles. The molecule has 0 radical (unpaired) electrons. The molecule has 0 aliphatic carbocycles. The maximum Gasteiger partial charge on any atom is 0.241 e. The molecule has 1 unspecified atom stereocenters. The summed E-state index contributed by atoms with van der Waals surface area (Å²) in [5.41, 5.74) is 5.38. The summed E-state index contributed by atoms with van der Waals surface area (Å²) >= 11 is 0. The summed E-state index contributed by atoms with van der Waals surface area (Å²) < 4.78 is 37.8. The maximum atomic E-state index is 13.0. The lowest BCUT2D eigenvalue weighted by Crippen LogP contribution is -2.40. The van der Waals surface area contributed by atoms with Crippen molar-refractivity contribution < 1.29 is 17.6 Å². The van der Waals surface area contributed by atoms with Gasteiger partial charge in [0.1, 0.15) is 11.1 Å². The standard InChI is InChI=1S/C13H17FN2O3S/c1-9(13(17)16-6-2-3-7-16)20(18,19)12-5-4-10(14)8-11(12)15/h4-5,8-9H,2-3,6-7,15H2,1H3. The van der Waals surface area contributed by atoms with Crippen LogP contribution < -0.4 is 5.73 Å². The predicted molar refractivity (Wildman–Crippen MR) is 73.3 cm³/mol. The fourth-order valence-electron chi connectivity index (χ4n) is 2.30. The molecule has 20 heavy (non-hydrogen) atoms. The zero-order valence-corrected chi connectivity index (χ0v) is 12.0. The molecule has 0 aromatic heterocycles. The molecule has 0 bridgehead atoms. The van der Waals surface area contributed by atoms with Gasteiger partial charge in [0, 0.05) is 13.1 Å². The Bertz CT molecular complexity index is 625. The van der Waals surface area contributed by atoms with Crippen molar-refractivity contribution in [3.63, 3.8) is 0 Å². The van der Waals surface area contributed by atoms with Crippen LogP contribution >= 0.6 is 0 Å². The molecular weight excluding hydrogens is 283 g/mol. The molecule has 1 aromatic rings. The Morgan fingerprint density at radius 1 is 1.35 bits per heavy atom. The average Bonchev–Trinajstić information content (AvgIpc) is 2.90. The molecule has 110 valence electrons. The van der Waals surface area contributed by atoms with Gasteiger partial charge in [0.2, 0.25) is 5.91 Å². The first-order chi connectivity index (χ1) is 9.34. The molecule has 1 aromatic carbocycles. The number of nitrogens with zero attached hydrogens (tertiary/aromatic N) is 1. The zero-order valence-electron chi connectivity index (χ0n) is 11.2. The van der Waals surface area contributed by atoms with E-state index in [1.807, 2.05) is 0 Å². The van der Waals surface area contributed by atoms with Crippen molar-refractivity contribution in [3.05, 3.63) is 24.0 Å². The molecule has 5 nitrogen and oxygen atoms in total. The minimum Gasteiger partial charge on any atom is -0.398 e. The number of sulfone groups is 1. The van der Waals surface area contributed by atoms with E-state index in [-0.39, 0.29) is 10.6 Å². The number of benzene rings is 1. The van der Waals surface area contributed by atoms with Gasteiger partial charge < -0.3 is 10.6 Å². The Morgan fingerprint density at radius 3 is 2.50 bits per heavy atom. The van der Waals surface area contributed by atoms with Crippen molar-refractivity contribution >= 4 is 21.4 Å². The molecule has 0 spiro atoms. The Kier molecular flexibility index (Phi) is 3.99. The van der Waals surface area contributed by atoms with Crippen molar-refractivity contribution in [3.8, 4) is 0 Å². The quantitative estimate of drug-likeness (QED) is 0.671. The zero-order chi connectivity index (χ0) is 14.9. The van der Waals surface area contributed by atoms with Crippen LogP contribution in [0.2, 0.25) is 0 Å². The molecule has 1 heterocycles. The highest BCUT2D eigenvalue weighted by Gasteiger charge is 2.35. The third-order valence-electron chi connectivity index (χ3n) is 3.51.